The summed E-state index contributed by atoms with van der Waals surface area (Å²) in [5.41, 5.74) is 2.26. The average Bonchev–Trinajstić information content (AvgIpc) is 2.92. The molecule has 2 aromatic rings. The zero-order valence-electron chi connectivity index (χ0n) is 12.5. The minimum absolute atomic E-state index is 0.00103. The van der Waals surface area contributed by atoms with Gasteiger partial charge >= 0.3 is 6.03 Å². The van der Waals surface area contributed by atoms with Crippen molar-refractivity contribution in [2.45, 2.75) is 19.4 Å². The van der Waals surface area contributed by atoms with Crippen LogP contribution in [-0.2, 0) is 13.0 Å². The topological polar surface area (TPSA) is 58.2 Å². The number of Topliss-reactive ketones (excluding diaryl/α,β-unsaturated/α-hetero) is 1. The largest absolute Gasteiger partial charge is 0.334 e. The summed E-state index contributed by atoms with van der Waals surface area (Å²) >= 11 is 12.4. The van der Waals surface area contributed by atoms with Gasteiger partial charge in [0, 0.05) is 18.5 Å². The van der Waals surface area contributed by atoms with Crippen LogP contribution < -0.4 is 10.6 Å². The summed E-state index contributed by atoms with van der Waals surface area (Å²) in [6.45, 7) is 0.227. The molecule has 1 aliphatic rings. The summed E-state index contributed by atoms with van der Waals surface area (Å²) in [6.07, 6.45) is 0.932. The first-order chi connectivity index (χ1) is 11.5. The van der Waals surface area contributed by atoms with E-state index in [0.717, 1.165) is 5.56 Å². The monoisotopic (exact) mass is 366 g/mol. The Kier molecular flexibility index (Phi) is 4.73. The second-order valence-corrected chi connectivity index (χ2v) is 6.22. The molecule has 2 N–H and O–H groups in total. The van der Waals surface area contributed by atoms with E-state index in [2.05, 4.69) is 10.6 Å². The van der Waals surface area contributed by atoms with Gasteiger partial charge in [0.2, 0.25) is 0 Å². The number of carbonyl (C=O) groups excluding carboxylic acids is 2. The molecular weight excluding hydrogens is 354 g/mol. The normalized spacial score (nSPS) is 12.9. The van der Waals surface area contributed by atoms with E-state index in [1.165, 1.54) is 18.2 Å². The van der Waals surface area contributed by atoms with Gasteiger partial charge in [-0.2, -0.15) is 0 Å². The maximum absolute atomic E-state index is 12.8. The fourth-order valence-electron chi connectivity index (χ4n) is 2.58. The fourth-order valence-corrected chi connectivity index (χ4v) is 3.23. The molecule has 4 nitrogen and oxygen atoms in total. The van der Waals surface area contributed by atoms with Crippen LogP contribution in [0.15, 0.2) is 30.3 Å². The van der Waals surface area contributed by atoms with Crippen LogP contribution in [0.25, 0.3) is 0 Å². The Labute approximate surface area is 148 Å². The standard InChI is InChI=1S/C17H13Cl2FN2O2/c18-13-7-12-11(5-6-14(12)23)15(19)16(13)22-17(24)21-8-9-1-3-10(20)4-2-9/h1-4,7H,5-6,8H2,(H2,21,22,24). The highest BCUT2D eigenvalue weighted by atomic mass is 35.5. The van der Waals surface area contributed by atoms with E-state index in [-0.39, 0.29) is 28.9 Å². The molecule has 0 radical (unpaired) electrons. The maximum Gasteiger partial charge on any atom is 0.319 e. The number of benzene rings is 2. The molecule has 124 valence electrons. The van der Waals surface area contributed by atoms with Gasteiger partial charge in [0.05, 0.1) is 15.7 Å². The first kappa shape index (κ1) is 16.7. The van der Waals surface area contributed by atoms with Gasteiger partial charge in [-0.05, 0) is 35.7 Å². The second kappa shape index (κ2) is 6.79. The summed E-state index contributed by atoms with van der Waals surface area (Å²) in [5.74, 6) is -0.337. The third-order valence-electron chi connectivity index (χ3n) is 3.83. The zero-order chi connectivity index (χ0) is 17.3. The lowest BCUT2D eigenvalue weighted by Gasteiger charge is -2.13. The van der Waals surface area contributed by atoms with Crippen molar-refractivity contribution in [3.8, 4) is 0 Å². The predicted molar refractivity (Wildman–Crippen MR) is 91.4 cm³/mol. The lowest BCUT2D eigenvalue weighted by molar-refractivity contribution is 0.0994. The summed E-state index contributed by atoms with van der Waals surface area (Å²) in [5, 5.41) is 5.75. The quantitative estimate of drug-likeness (QED) is 0.834. The Morgan fingerprint density at radius 1 is 1.17 bits per heavy atom. The summed E-state index contributed by atoms with van der Waals surface area (Å²) in [7, 11) is 0. The van der Waals surface area contributed by atoms with E-state index in [1.54, 1.807) is 12.1 Å². The Hall–Kier alpha value is -2.11. The van der Waals surface area contributed by atoms with Gasteiger partial charge in [-0.3, -0.25) is 4.79 Å². The Balaban J connectivity index is 1.71. The Bertz CT molecular complexity index is 822. The smallest absolute Gasteiger partial charge is 0.319 e. The average molecular weight is 367 g/mol. The molecule has 7 heteroatoms. The Morgan fingerprint density at radius 2 is 1.88 bits per heavy atom. The van der Waals surface area contributed by atoms with Crippen molar-refractivity contribution in [3.05, 3.63) is 62.9 Å². The van der Waals surface area contributed by atoms with Crippen LogP contribution in [-0.4, -0.2) is 11.8 Å². The first-order valence-corrected chi connectivity index (χ1v) is 8.04. The van der Waals surface area contributed by atoms with E-state index in [4.69, 9.17) is 23.2 Å². The van der Waals surface area contributed by atoms with Gasteiger partial charge in [-0.25, -0.2) is 9.18 Å². The van der Waals surface area contributed by atoms with Gasteiger partial charge in [-0.15, -0.1) is 0 Å². The molecule has 24 heavy (non-hydrogen) atoms. The van der Waals surface area contributed by atoms with Gasteiger partial charge in [0.25, 0.3) is 0 Å². The van der Waals surface area contributed by atoms with Crippen molar-refractivity contribution >= 4 is 40.7 Å². The number of rotatable bonds is 3. The molecule has 2 amide bonds. The molecule has 0 aliphatic heterocycles. The molecule has 0 unspecified atom stereocenters. The van der Waals surface area contributed by atoms with Crippen LogP contribution in [0.5, 0.6) is 0 Å². The van der Waals surface area contributed by atoms with Crippen molar-refractivity contribution in [2.24, 2.45) is 0 Å². The number of ketones is 1. The van der Waals surface area contributed by atoms with Crippen molar-refractivity contribution in [1.82, 2.24) is 5.32 Å². The van der Waals surface area contributed by atoms with Gasteiger partial charge in [-0.1, -0.05) is 35.3 Å². The third kappa shape index (κ3) is 3.37. The van der Waals surface area contributed by atoms with Crippen LogP contribution >= 0.6 is 23.2 Å². The van der Waals surface area contributed by atoms with Gasteiger partial charge in [0.15, 0.2) is 5.78 Å². The lowest BCUT2D eigenvalue weighted by atomic mass is 10.1. The van der Waals surface area contributed by atoms with E-state index < -0.39 is 6.03 Å². The number of hydrogen-bond donors (Lipinski definition) is 2. The van der Waals surface area contributed by atoms with Gasteiger partial charge in [0.1, 0.15) is 5.82 Å². The van der Waals surface area contributed by atoms with Crippen LogP contribution in [0.4, 0.5) is 14.9 Å². The third-order valence-corrected chi connectivity index (χ3v) is 4.54. The molecule has 1 aliphatic carbocycles. The highest BCUT2D eigenvalue weighted by molar-refractivity contribution is 6.41. The van der Waals surface area contributed by atoms with Crippen LogP contribution in [0, 0.1) is 5.82 Å². The van der Waals surface area contributed by atoms with Crippen molar-refractivity contribution in [1.29, 1.82) is 0 Å². The van der Waals surface area contributed by atoms with E-state index >= 15 is 0 Å². The lowest BCUT2D eigenvalue weighted by Crippen LogP contribution is -2.28. The minimum Gasteiger partial charge on any atom is -0.334 e. The molecule has 0 spiro atoms. The molecule has 0 saturated carbocycles. The highest BCUT2D eigenvalue weighted by Crippen LogP contribution is 2.39. The number of amides is 2. The number of anilines is 1. The summed E-state index contributed by atoms with van der Waals surface area (Å²) < 4.78 is 12.8. The molecule has 0 saturated heterocycles. The molecule has 0 aromatic heterocycles. The number of halogens is 3. The van der Waals surface area contributed by atoms with E-state index in [9.17, 15) is 14.0 Å². The fraction of sp³-hybridized carbons (Fsp3) is 0.176. The van der Waals surface area contributed by atoms with Crippen LogP contribution in [0.1, 0.15) is 27.9 Å². The SMILES string of the molecule is O=C(NCc1ccc(F)cc1)Nc1c(Cl)cc2c(c1Cl)CCC2=O. The Morgan fingerprint density at radius 3 is 2.58 bits per heavy atom. The maximum atomic E-state index is 12.8. The molecule has 3 rings (SSSR count). The molecular formula is C17H13Cl2FN2O2. The number of urea groups is 1. The number of carbonyl (C=O) groups is 2. The zero-order valence-corrected chi connectivity index (χ0v) is 14.0. The van der Waals surface area contributed by atoms with Crippen molar-refractivity contribution in [3.63, 3.8) is 0 Å². The van der Waals surface area contributed by atoms with Crippen molar-refractivity contribution < 1.29 is 14.0 Å². The highest BCUT2D eigenvalue weighted by Gasteiger charge is 2.26. The second-order valence-electron chi connectivity index (χ2n) is 5.43. The molecule has 0 atom stereocenters. The van der Waals surface area contributed by atoms with Crippen LogP contribution in [0.2, 0.25) is 10.0 Å². The first-order valence-electron chi connectivity index (χ1n) is 7.29. The predicted octanol–water partition coefficient (Wildman–Crippen LogP) is 4.58. The van der Waals surface area contributed by atoms with Crippen LogP contribution in [0.3, 0.4) is 0 Å². The number of fused-ring (bicyclic) bond motifs is 1. The van der Waals surface area contributed by atoms with Gasteiger partial charge < -0.3 is 10.6 Å². The van der Waals surface area contributed by atoms with E-state index in [0.29, 0.717) is 29.0 Å². The number of nitrogens with one attached hydrogen (secondary N) is 2. The van der Waals surface area contributed by atoms with Crippen molar-refractivity contribution in [2.75, 3.05) is 5.32 Å². The molecule has 0 fully saturated rings. The van der Waals surface area contributed by atoms with E-state index in [1.807, 2.05) is 0 Å². The molecule has 0 bridgehead atoms. The minimum atomic E-state index is -0.493. The molecule has 0 heterocycles. The molecule has 2 aromatic carbocycles. The summed E-state index contributed by atoms with van der Waals surface area (Å²) in [4.78, 5) is 23.8. The summed E-state index contributed by atoms with van der Waals surface area (Å²) in [6, 6.07) is 6.84. The number of hydrogen-bond acceptors (Lipinski definition) is 2.